The molecule has 0 aliphatic carbocycles. The van der Waals surface area contributed by atoms with Crippen molar-refractivity contribution in [3.05, 3.63) is 165 Å². The van der Waals surface area contributed by atoms with E-state index in [9.17, 15) is 35.6 Å². The van der Waals surface area contributed by atoms with Crippen molar-refractivity contribution in [2.45, 2.75) is 50.2 Å². The van der Waals surface area contributed by atoms with Crippen molar-refractivity contribution < 1.29 is 39.7 Å². The van der Waals surface area contributed by atoms with E-state index in [1.807, 2.05) is 60.7 Å². The van der Waals surface area contributed by atoms with Gasteiger partial charge in [0, 0.05) is 12.5 Å². The quantitative estimate of drug-likeness (QED) is 0.102. The fourth-order valence-corrected chi connectivity index (χ4v) is 7.20. The van der Waals surface area contributed by atoms with Gasteiger partial charge in [-0.2, -0.15) is 26.7 Å². The number of ether oxygens (including phenoxy) is 1. The first kappa shape index (κ1) is 37.4. The number of amides is 1. The van der Waals surface area contributed by atoms with Gasteiger partial charge in [-0.15, -0.1) is 0 Å². The molecule has 5 aromatic rings. The zero-order valence-corrected chi connectivity index (χ0v) is 29.3. The average molecular weight is 750 g/mol. The van der Waals surface area contributed by atoms with Gasteiger partial charge in [-0.25, -0.2) is 4.39 Å². The molecule has 1 amide bonds. The Morgan fingerprint density at radius 2 is 1.57 bits per heavy atom. The maximum absolute atomic E-state index is 14.5. The summed E-state index contributed by atoms with van der Waals surface area (Å²) in [5.74, 6) is -2.83. The number of nitrogens with zero attached hydrogens (tertiary/aromatic N) is 3. The number of likely N-dealkylation sites (tertiary alicyclic amines) is 1. The third-order valence-corrected chi connectivity index (χ3v) is 9.49. The van der Waals surface area contributed by atoms with Crippen molar-refractivity contribution in [3.63, 3.8) is 0 Å². The molecule has 0 saturated carbocycles. The molecule has 4 aromatic carbocycles. The van der Waals surface area contributed by atoms with Crippen LogP contribution in [0.3, 0.4) is 0 Å². The van der Waals surface area contributed by atoms with Gasteiger partial charge in [0.25, 0.3) is 21.5 Å². The van der Waals surface area contributed by atoms with Gasteiger partial charge in [-0.05, 0) is 53.3 Å². The van der Waals surface area contributed by atoms with Gasteiger partial charge in [0.05, 0.1) is 30.6 Å². The van der Waals surface area contributed by atoms with E-state index in [4.69, 9.17) is 8.92 Å². The van der Waals surface area contributed by atoms with Crippen LogP contribution in [0.4, 0.5) is 17.6 Å². The number of rotatable bonds is 12. The Balaban J connectivity index is 1.43. The Morgan fingerprint density at radius 1 is 0.906 bits per heavy atom. The number of hydrogen-bond donors (Lipinski definition) is 0. The van der Waals surface area contributed by atoms with Crippen LogP contribution in [0.25, 0.3) is 0 Å². The number of carbonyl (C=O) groups excluding carboxylic acids is 1. The SMILES string of the molecule is CS(=O)(=O)OC(C(c1ccc(F)cc1)c1cccc(C(F)(F)F)c1)C1CCCN1C(=O)c1nn(Cc2ccccc2)cc(OCc2ccccc2)c1=O. The summed E-state index contributed by atoms with van der Waals surface area (Å²) in [7, 11) is -4.31. The minimum Gasteiger partial charge on any atom is -0.483 e. The molecule has 6 rings (SSSR count). The molecule has 0 radical (unpaired) electrons. The first-order chi connectivity index (χ1) is 25.3. The van der Waals surface area contributed by atoms with E-state index in [1.54, 1.807) is 0 Å². The Kier molecular flexibility index (Phi) is 11.1. The summed E-state index contributed by atoms with van der Waals surface area (Å²) in [6.07, 6.45) is -3.50. The molecule has 1 aromatic heterocycles. The summed E-state index contributed by atoms with van der Waals surface area (Å²) >= 11 is 0. The molecule has 0 spiro atoms. The van der Waals surface area contributed by atoms with E-state index < -0.39 is 62.8 Å². The fourth-order valence-electron chi connectivity index (χ4n) is 6.56. The minimum atomic E-state index is -4.73. The molecule has 1 fully saturated rings. The lowest BCUT2D eigenvalue weighted by Gasteiger charge is -2.36. The first-order valence-electron chi connectivity index (χ1n) is 16.7. The van der Waals surface area contributed by atoms with Crippen molar-refractivity contribution in [2.24, 2.45) is 0 Å². The molecule has 1 aliphatic heterocycles. The van der Waals surface area contributed by atoms with Crippen LogP contribution in [0, 0.1) is 5.82 Å². The van der Waals surface area contributed by atoms with Crippen molar-refractivity contribution in [1.29, 1.82) is 0 Å². The van der Waals surface area contributed by atoms with E-state index in [2.05, 4.69) is 5.10 Å². The van der Waals surface area contributed by atoms with Crippen LogP contribution in [-0.2, 0) is 33.6 Å². The molecule has 0 N–H and O–H groups in total. The molecule has 0 bridgehead atoms. The van der Waals surface area contributed by atoms with Crippen LogP contribution >= 0.6 is 0 Å². The summed E-state index contributed by atoms with van der Waals surface area (Å²) in [6.45, 7) is 0.251. The van der Waals surface area contributed by atoms with Crippen LogP contribution in [0.2, 0.25) is 0 Å². The van der Waals surface area contributed by atoms with Crippen LogP contribution in [0.15, 0.2) is 120 Å². The third-order valence-electron chi connectivity index (χ3n) is 8.92. The lowest BCUT2D eigenvalue weighted by Crippen LogP contribution is -2.48. The summed E-state index contributed by atoms with van der Waals surface area (Å²) in [5, 5.41) is 4.41. The van der Waals surface area contributed by atoms with Gasteiger partial charge in [0.2, 0.25) is 0 Å². The largest absolute Gasteiger partial charge is 0.483 e. The zero-order valence-electron chi connectivity index (χ0n) is 28.4. The van der Waals surface area contributed by atoms with Gasteiger partial charge >= 0.3 is 6.18 Å². The number of alkyl halides is 3. The molecule has 1 aliphatic rings. The number of halogens is 4. The summed E-state index contributed by atoms with van der Waals surface area (Å²) in [4.78, 5) is 29.7. The van der Waals surface area contributed by atoms with Gasteiger partial charge in [0.1, 0.15) is 18.5 Å². The summed E-state index contributed by atoms with van der Waals surface area (Å²) < 4.78 is 94.6. The van der Waals surface area contributed by atoms with Crippen molar-refractivity contribution >= 4 is 16.0 Å². The monoisotopic (exact) mass is 749 g/mol. The van der Waals surface area contributed by atoms with Gasteiger partial charge in [0.15, 0.2) is 11.4 Å². The van der Waals surface area contributed by atoms with Gasteiger partial charge < -0.3 is 9.64 Å². The van der Waals surface area contributed by atoms with E-state index in [0.29, 0.717) is 6.42 Å². The topological polar surface area (TPSA) is 108 Å². The molecule has 14 heteroatoms. The lowest BCUT2D eigenvalue weighted by molar-refractivity contribution is -0.137. The standard InChI is InChI=1S/C39H35F4N3O6S/c1-53(49,50)52-37(34(28-17-19-31(40)20-18-28)29-14-8-15-30(22-29)39(41,42)43)32-16-9-21-46(32)38(48)35-36(47)33(51-25-27-12-6-3-7-13-27)24-45(44-35)23-26-10-4-2-5-11-26/h2-8,10-15,17-20,22,24,32,34,37H,9,16,21,23,25H2,1H3. The number of hydrogen-bond acceptors (Lipinski definition) is 7. The van der Waals surface area contributed by atoms with Crippen LogP contribution in [0.5, 0.6) is 5.75 Å². The molecule has 2 heterocycles. The molecule has 1 saturated heterocycles. The fraction of sp³-hybridized carbons (Fsp3) is 0.256. The van der Waals surface area contributed by atoms with Gasteiger partial charge in [-0.1, -0.05) is 91.0 Å². The van der Waals surface area contributed by atoms with Crippen LogP contribution in [0.1, 0.15) is 57.1 Å². The number of benzene rings is 4. The van der Waals surface area contributed by atoms with E-state index in [1.165, 1.54) is 40.0 Å². The maximum Gasteiger partial charge on any atom is 0.416 e. The predicted molar refractivity (Wildman–Crippen MR) is 188 cm³/mol. The molecule has 3 unspecified atom stereocenters. The average Bonchev–Trinajstić information content (AvgIpc) is 3.62. The molecule has 53 heavy (non-hydrogen) atoms. The highest BCUT2D eigenvalue weighted by molar-refractivity contribution is 7.86. The minimum absolute atomic E-state index is 0.0199. The highest BCUT2D eigenvalue weighted by Crippen LogP contribution is 2.40. The smallest absolute Gasteiger partial charge is 0.416 e. The second kappa shape index (κ2) is 15.7. The molecule has 276 valence electrons. The first-order valence-corrected chi connectivity index (χ1v) is 18.5. The van der Waals surface area contributed by atoms with E-state index >= 15 is 0 Å². The zero-order chi connectivity index (χ0) is 37.8. The second-order valence-corrected chi connectivity index (χ2v) is 14.4. The highest BCUT2D eigenvalue weighted by atomic mass is 32.2. The Bertz CT molecular complexity index is 2220. The van der Waals surface area contributed by atoms with E-state index in [0.717, 1.165) is 41.6 Å². The van der Waals surface area contributed by atoms with Crippen molar-refractivity contribution in [2.75, 3.05) is 12.8 Å². The number of aromatic nitrogens is 2. The molecular weight excluding hydrogens is 715 g/mol. The van der Waals surface area contributed by atoms with Crippen molar-refractivity contribution in [3.8, 4) is 5.75 Å². The molecule has 3 atom stereocenters. The third kappa shape index (κ3) is 9.18. The Morgan fingerprint density at radius 3 is 2.21 bits per heavy atom. The van der Waals surface area contributed by atoms with Crippen LogP contribution < -0.4 is 10.2 Å². The van der Waals surface area contributed by atoms with Crippen molar-refractivity contribution in [1.82, 2.24) is 14.7 Å². The predicted octanol–water partition coefficient (Wildman–Crippen LogP) is 6.81. The summed E-state index contributed by atoms with van der Waals surface area (Å²) in [6, 6.07) is 26.4. The number of carbonyl (C=O) groups is 1. The normalized spacial score (nSPS) is 15.9. The second-order valence-electron chi connectivity index (χ2n) is 12.8. The van der Waals surface area contributed by atoms with Crippen LogP contribution in [-0.4, -0.2) is 54.0 Å². The molecular formula is C39H35F4N3O6S. The lowest BCUT2D eigenvalue weighted by atomic mass is 9.82. The Hall–Kier alpha value is -5.34. The van der Waals surface area contributed by atoms with E-state index in [-0.39, 0.29) is 43.0 Å². The summed E-state index contributed by atoms with van der Waals surface area (Å²) in [5.41, 5.74) is -0.413. The Labute approximate surface area is 303 Å². The highest BCUT2D eigenvalue weighted by Gasteiger charge is 2.44. The van der Waals surface area contributed by atoms with Gasteiger partial charge in [-0.3, -0.25) is 18.5 Å². The molecule has 9 nitrogen and oxygen atoms in total. The maximum atomic E-state index is 14.5.